The van der Waals surface area contributed by atoms with Crippen LogP contribution in [0.2, 0.25) is 0 Å². The minimum Gasteiger partial charge on any atom is -0.462 e. The van der Waals surface area contributed by atoms with Crippen LogP contribution in [-0.4, -0.2) is 43.3 Å². The van der Waals surface area contributed by atoms with Crippen LogP contribution in [0.25, 0.3) is 0 Å². The average Bonchev–Trinajstić information content (AvgIpc) is 2.93. The van der Waals surface area contributed by atoms with Crippen LogP contribution in [0.5, 0.6) is 0 Å². The summed E-state index contributed by atoms with van der Waals surface area (Å²) < 4.78 is 32.9. The number of rotatable bonds is 8. The maximum Gasteiger partial charge on any atom is 0.340 e. The fraction of sp³-hybridized carbons (Fsp3) is 0.455. The first-order valence-electron chi connectivity index (χ1n) is 10.1. The topological polar surface area (TPSA) is 117 Å². The summed E-state index contributed by atoms with van der Waals surface area (Å²) >= 11 is 0. The quantitative estimate of drug-likeness (QED) is 0.419. The third-order valence-corrected chi connectivity index (χ3v) is 6.28. The molecule has 0 spiro atoms. The number of aryl methyl sites for hydroxylation is 1. The molecule has 9 heteroatoms. The Morgan fingerprint density at radius 3 is 2.42 bits per heavy atom. The van der Waals surface area contributed by atoms with Crippen LogP contribution in [-0.2, 0) is 14.8 Å². The summed E-state index contributed by atoms with van der Waals surface area (Å²) in [6.45, 7) is 12.3. The lowest BCUT2D eigenvalue weighted by atomic mass is 10.0. The molecule has 0 amide bonds. The van der Waals surface area contributed by atoms with Gasteiger partial charge in [-0.2, -0.15) is 0 Å². The SMILES string of the molecule is CCOC(=O)c1c(C)[nH]c(C(=O)[C@@H](C)Nc2cccc(S(=O)(=O)NC(C)(C)C)c2)c1C. The summed E-state index contributed by atoms with van der Waals surface area (Å²) in [5.41, 5.74) is 1.64. The van der Waals surface area contributed by atoms with E-state index in [-0.39, 0.29) is 17.3 Å². The Morgan fingerprint density at radius 2 is 1.84 bits per heavy atom. The standard InChI is InChI=1S/C22H31N3O5S/c1-8-30-21(27)18-13(2)19(24-14(18)3)20(26)15(4)23-16-10-9-11-17(12-16)31(28,29)25-22(5,6)7/h9-12,15,23-25H,8H2,1-7H3/t15-/m1/s1. The smallest absolute Gasteiger partial charge is 0.340 e. The van der Waals surface area contributed by atoms with Gasteiger partial charge >= 0.3 is 5.97 Å². The van der Waals surface area contributed by atoms with Crippen LogP contribution in [0.4, 0.5) is 5.69 Å². The van der Waals surface area contributed by atoms with Gasteiger partial charge in [0.15, 0.2) is 0 Å². The third-order valence-electron chi connectivity index (χ3n) is 4.52. The van der Waals surface area contributed by atoms with Crippen LogP contribution in [0.3, 0.4) is 0 Å². The van der Waals surface area contributed by atoms with E-state index in [0.717, 1.165) is 0 Å². The molecule has 0 unspecified atom stereocenters. The van der Waals surface area contributed by atoms with E-state index in [1.807, 2.05) is 0 Å². The molecule has 3 N–H and O–H groups in total. The van der Waals surface area contributed by atoms with Gasteiger partial charge in [0.25, 0.3) is 0 Å². The van der Waals surface area contributed by atoms with Crippen molar-refractivity contribution in [1.82, 2.24) is 9.71 Å². The highest BCUT2D eigenvalue weighted by Gasteiger charge is 2.26. The molecule has 0 bridgehead atoms. The molecule has 2 rings (SSSR count). The molecule has 31 heavy (non-hydrogen) atoms. The number of Topliss-reactive ketones (excluding diaryl/α,β-unsaturated/α-hetero) is 1. The highest BCUT2D eigenvalue weighted by molar-refractivity contribution is 7.89. The zero-order chi connectivity index (χ0) is 23.6. The molecule has 0 aliphatic heterocycles. The molecule has 8 nitrogen and oxygen atoms in total. The lowest BCUT2D eigenvalue weighted by molar-refractivity contribution is 0.0525. The number of aromatic nitrogens is 1. The number of carbonyl (C=O) groups excluding carboxylic acids is 2. The summed E-state index contributed by atoms with van der Waals surface area (Å²) in [4.78, 5) is 28.3. The lowest BCUT2D eigenvalue weighted by Crippen LogP contribution is -2.40. The van der Waals surface area contributed by atoms with Gasteiger partial charge in [-0.1, -0.05) is 6.07 Å². The first-order valence-corrected chi connectivity index (χ1v) is 11.6. The van der Waals surface area contributed by atoms with Gasteiger partial charge in [-0.15, -0.1) is 0 Å². The molecule has 1 heterocycles. The number of H-pyrrole nitrogens is 1. The zero-order valence-electron chi connectivity index (χ0n) is 19.0. The van der Waals surface area contributed by atoms with E-state index >= 15 is 0 Å². The number of esters is 1. The summed E-state index contributed by atoms with van der Waals surface area (Å²) in [6, 6.07) is 5.61. The zero-order valence-corrected chi connectivity index (χ0v) is 19.9. The Morgan fingerprint density at radius 1 is 1.19 bits per heavy atom. The molecule has 1 aromatic heterocycles. The van der Waals surface area contributed by atoms with Crippen molar-refractivity contribution in [3.63, 3.8) is 0 Å². The third kappa shape index (κ3) is 5.95. The van der Waals surface area contributed by atoms with E-state index in [1.54, 1.807) is 60.6 Å². The Bertz CT molecular complexity index is 1080. The molecule has 0 aliphatic carbocycles. The van der Waals surface area contributed by atoms with E-state index < -0.39 is 27.6 Å². The number of carbonyl (C=O) groups is 2. The monoisotopic (exact) mass is 449 g/mol. The minimum atomic E-state index is -3.71. The molecule has 1 aromatic carbocycles. The van der Waals surface area contributed by atoms with Crippen molar-refractivity contribution in [1.29, 1.82) is 0 Å². The molecular weight excluding hydrogens is 418 g/mol. The second kappa shape index (κ2) is 9.23. The van der Waals surface area contributed by atoms with Crippen molar-refractivity contribution in [2.24, 2.45) is 0 Å². The van der Waals surface area contributed by atoms with Gasteiger partial charge in [0.1, 0.15) is 0 Å². The van der Waals surface area contributed by atoms with Crippen molar-refractivity contribution >= 4 is 27.5 Å². The maximum absolute atomic E-state index is 13.0. The lowest BCUT2D eigenvalue weighted by Gasteiger charge is -2.21. The van der Waals surface area contributed by atoms with Gasteiger partial charge < -0.3 is 15.0 Å². The van der Waals surface area contributed by atoms with Crippen LogP contribution in [0.15, 0.2) is 29.2 Å². The number of nitrogens with one attached hydrogen (secondary N) is 3. The van der Waals surface area contributed by atoms with E-state index in [0.29, 0.717) is 28.2 Å². The Kier molecular flexibility index (Phi) is 7.33. The van der Waals surface area contributed by atoms with E-state index in [1.165, 1.54) is 12.1 Å². The first kappa shape index (κ1) is 24.6. The van der Waals surface area contributed by atoms with Crippen LogP contribution in [0, 0.1) is 13.8 Å². The summed E-state index contributed by atoms with van der Waals surface area (Å²) in [5.74, 6) is -0.727. The van der Waals surface area contributed by atoms with Crippen molar-refractivity contribution in [2.75, 3.05) is 11.9 Å². The van der Waals surface area contributed by atoms with Crippen molar-refractivity contribution in [3.8, 4) is 0 Å². The number of ketones is 1. The van der Waals surface area contributed by atoms with Gasteiger partial charge in [0.2, 0.25) is 15.8 Å². The molecular formula is C22H31N3O5S. The number of sulfonamides is 1. The number of hydrogen-bond acceptors (Lipinski definition) is 6. The van der Waals surface area contributed by atoms with E-state index in [4.69, 9.17) is 4.74 Å². The largest absolute Gasteiger partial charge is 0.462 e. The first-order chi connectivity index (χ1) is 14.3. The molecule has 0 radical (unpaired) electrons. The maximum atomic E-state index is 13.0. The number of ether oxygens (including phenoxy) is 1. The second-order valence-corrected chi connectivity index (χ2v) is 10.1. The summed E-state index contributed by atoms with van der Waals surface area (Å²) in [6.07, 6.45) is 0. The van der Waals surface area contributed by atoms with Crippen LogP contribution < -0.4 is 10.0 Å². The number of hydrogen-bond donors (Lipinski definition) is 3. The Balaban J connectivity index is 2.25. The normalized spacial score (nSPS) is 13.0. The van der Waals surface area contributed by atoms with Crippen molar-refractivity contribution in [2.45, 2.75) is 64.9 Å². The van der Waals surface area contributed by atoms with Gasteiger partial charge in [-0.25, -0.2) is 17.9 Å². The van der Waals surface area contributed by atoms with Crippen LogP contribution >= 0.6 is 0 Å². The predicted molar refractivity (Wildman–Crippen MR) is 120 cm³/mol. The Labute approximate surface area is 183 Å². The molecule has 2 aromatic rings. The van der Waals surface area contributed by atoms with Gasteiger partial charge in [0, 0.05) is 16.9 Å². The van der Waals surface area contributed by atoms with E-state index in [2.05, 4.69) is 15.0 Å². The molecule has 0 fully saturated rings. The fourth-order valence-corrected chi connectivity index (χ4v) is 4.72. The van der Waals surface area contributed by atoms with Crippen molar-refractivity contribution < 1.29 is 22.7 Å². The molecule has 1 atom stereocenters. The number of benzene rings is 1. The highest BCUT2D eigenvalue weighted by atomic mass is 32.2. The average molecular weight is 450 g/mol. The van der Waals surface area contributed by atoms with Crippen molar-refractivity contribution in [3.05, 3.63) is 46.8 Å². The summed E-state index contributed by atoms with van der Waals surface area (Å²) in [5, 5.41) is 3.05. The minimum absolute atomic E-state index is 0.101. The van der Waals surface area contributed by atoms with Gasteiger partial charge in [0.05, 0.1) is 28.8 Å². The predicted octanol–water partition coefficient (Wildman–Crippen LogP) is 3.57. The fourth-order valence-electron chi connectivity index (χ4n) is 3.25. The molecule has 0 saturated carbocycles. The molecule has 170 valence electrons. The van der Waals surface area contributed by atoms with E-state index in [9.17, 15) is 18.0 Å². The van der Waals surface area contributed by atoms with Crippen LogP contribution in [0.1, 0.15) is 66.7 Å². The van der Waals surface area contributed by atoms with Gasteiger partial charge in [-0.3, -0.25) is 4.79 Å². The number of anilines is 1. The number of aromatic amines is 1. The molecule has 0 saturated heterocycles. The van der Waals surface area contributed by atoms with Gasteiger partial charge in [-0.05, 0) is 72.2 Å². The Hall–Kier alpha value is -2.65. The highest BCUT2D eigenvalue weighted by Crippen LogP contribution is 2.22. The molecule has 0 aliphatic rings. The summed E-state index contributed by atoms with van der Waals surface area (Å²) in [7, 11) is -3.71. The second-order valence-electron chi connectivity index (χ2n) is 8.46.